The second-order valence-electron chi connectivity index (χ2n) is 4.76. The van der Waals surface area contributed by atoms with Gasteiger partial charge in [-0.15, -0.1) is 0 Å². The third-order valence-corrected chi connectivity index (χ3v) is 3.53. The lowest BCUT2D eigenvalue weighted by Gasteiger charge is -2.19. The third-order valence-electron chi connectivity index (χ3n) is 3.53. The predicted octanol–water partition coefficient (Wildman–Crippen LogP) is 2.61. The summed E-state index contributed by atoms with van der Waals surface area (Å²) in [7, 11) is 2.01. The van der Waals surface area contributed by atoms with Crippen molar-refractivity contribution < 1.29 is 4.74 Å². The summed E-state index contributed by atoms with van der Waals surface area (Å²) in [5.41, 5.74) is 2.44. The molecule has 3 nitrogen and oxygen atoms in total. The van der Waals surface area contributed by atoms with Gasteiger partial charge in [0.2, 0.25) is 0 Å². The molecule has 3 heteroatoms. The number of aryl methyl sites for hydroxylation is 1. The van der Waals surface area contributed by atoms with Gasteiger partial charge in [0.15, 0.2) is 0 Å². The molecule has 1 saturated heterocycles. The van der Waals surface area contributed by atoms with Crippen LogP contribution < -0.4 is 5.32 Å². The summed E-state index contributed by atoms with van der Waals surface area (Å²) in [6, 6.07) is 4.46. The second kappa shape index (κ2) is 6.12. The maximum absolute atomic E-state index is 5.67. The van der Waals surface area contributed by atoms with E-state index in [0.29, 0.717) is 12.1 Å². The Kier molecular flexibility index (Phi) is 4.51. The zero-order valence-corrected chi connectivity index (χ0v) is 10.8. The number of rotatable bonds is 5. The van der Waals surface area contributed by atoms with Crippen molar-refractivity contribution in [1.82, 2.24) is 10.3 Å². The topological polar surface area (TPSA) is 34.1 Å². The number of ether oxygens (including phenoxy) is 1. The molecule has 17 heavy (non-hydrogen) atoms. The number of pyridine rings is 1. The molecular formula is C14H22N2O. The van der Waals surface area contributed by atoms with Crippen molar-refractivity contribution in [1.29, 1.82) is 0 Å². The van der Waals surface area contributed by atoms with Gasteiger partial charge in [-0.2, -0.15) is 0 Å². The SMILES string of the molecule is CNC(CCC1CCCO1)c1ncccc1C. The molecule has 1 aromatic rings. The first kappa shape index (κ1) is 12.5. The number of hydrogen-bond acceptors (Lipinski definition) is 3. The highest BCUT2D eigenvalue weighted by Crippen LogP contribution is 2.24. The van der Waals surface area contributed by atoms with E-state index in [9.17, 15) is 0 Å². The van der Waals surface area contributed by atoms with E-state index in [1.165, 1.54) is 24.1 Å². The monoisotopic (exact) mass is 234 g/mol. The summed E-state index contributed by atoms with van der Waals surface area (Å²) in [5.74, 6) is 0. The van der Waals surface area contributed by atoms with Crippen LogP contribution in [0.3, 0.4) is 0 Å². The largest absolute Gasteiger partial charge is 0.378 e. The molecule has 1 aliphatic heterocycles. The highest BCUT2D eigenvalue weighted by Gasteiger charge is 2.19. The molecule has 1 aliphatic rings. The van der Waals surface area contributed by atoms with Crippen molar-refractivity contribution in [3.8, 4) is 0 Å². The Morgan fingerprint density at radius 3 is 3.12 bits per heavy atom. The first-order valence-electron chi connectivity index (χ1n) is 6.51. The van der Waals surface area contributed by atoms with Crippen molar-refractivity contribution in [2.75, 3.05) is 13.7 Å². The van der Waals surface area contributed by atoms with E-state index in [4.69, 9.17) is 4.74 Å². The van der Waals surface area contributed by atoms with Crippen LogP contribution in [0.15, 0.2) is 18.3 Å². The van der Waals surface area contributed by atoms with Crippen LogP contribution in [0.2, 0.25) is 0 Å². The Balaban J connectivity index is 1.94. The first-order valence-corrected chi connectivity index (χ1v) is 6.51. The van der Waals surface area contributed by atoms with Crippen molar-refractivity contribution in [2.45, 2.75) is 44.8 Å². The van der Waals surface area contributed by atoms with Gasteiger partial charge >= 0.3 is 0 Å². The Labute approximate surface area is 104 Å². The molecule has 2 unspecified atom stereocenters. The standard InChI is InChI=1S/C14H22N2O/c1-11-5-3-9-16-14(11)13(15-2)8-7-12-6-4-10-17-12/h3,5,9,12-13,15H,4,6-8,10H2,1-2H3. The van der Waals surface area contributed by atoms with Gasteiger partial charge < -0.3 is 10.1 Å². The summed E-state index contributed by atoms with van der Waals surface area (Å²) in [4.78, 5) is 4.49. The highest BCUT2D eigenvalue weighted by atomic mass is 16.5. The molecular weight excluding hydrogens is 212 g/mol. The first-order chi connectivity index (χ1) is 8.31. The molecule has 0 spiro atoms. The summed E-state index contributed by atoms with van der Waals surface area (Å²) >= 11 is 0. The van der Waals surface area contributed by atoms with Crippen LogP contribution in [0.5, 0.6) is 0 Å². The fourth-order valence-corrected chi connectivity index (χ4v) is 2.51. The van der Waals surface area contributed by atoms with Gasteiger partial charge in [-0.3, -0.25) is 4.98 Å². The number of hydrogen-bond donors (Lipinski definition) is 1. The number of nitrogens with zero attached hydrogens (tertiary/aromatic N) is 1. The van der Waals surface area contributed by atoms with Crippen LogP contribution in [-0.2, 0) is 4.74 Å². The molecule has 0 aromatic carbocycles. The zero-order chi connectivity index (χ0) is 12.1. The van der Waals surface area contributed by atoms with Crippen molar-refractivity contribution in [3.63, 3.8) is 0 Å². The van der Waals surface area contributed by atoms with Gasteiger partial charge in [0.05, 0.1) is 11.8 Å². The van der Waals surface area contributed by atoms with Crippen LogP contribution in [-0.4, -0.2) is 24.7 Å². The minimum absolute atomic E-state index is 0.348. The van der Waals surface area contributed by atoms with E-state index in [2.05, 4.69) is 23.3 Å². The van der Waals surface area contributed by atoms with Gasteiger partial charge in [0.25, 0.3) is 0 Å². The minimum atomic E-state index is 0.348. The molecule has 1 aromatic heterocycles. The van der Waals surface area contributed by atoms with Crippen molar-refractivity contribution in [3.05, 3.63) is 29.6 Å². The van der Waals surface area contributed by atoms with Crippen LogP contribution in [0.1, 0.15) is 43.0 Å². The Bertz CT molecular complexity index is 348. The summed E-state index contributed by atoms with van der Waals surface area (Å²) in [5, 5.41) is 3.37. The third kappa shape index (κ3) is 3.27. The molecule has 2 rings (SSSR count). The van der Waals surface area contributed by atoms with E-state index in [-0.39, 0.29) is 0 Å². The minimum Gasteiger partial charge on any atom is -0.378 e. The fourth-order valence-electron chi connectivity index (χ4n) is 2.51. The van der Waals surface area contributed by atoms with E-state index in [0.717, 1.165) is 19.4 Å². The van der Waals surface area contributed by atoms with Gasteiger partial charge in [-0.1, -0.05) is 6.07 Å². The Morgan fingerprint density at radius 2 is 2.47 bits per heavy atom. The average Bonchev–Trinajstić information content (AvgIpc) is 2.85. The maximum Gasteiger partial charge on any atom is 0.0602 e. The van der Waals surface area contributed by atoms with E-state index < -0.39 is 0 Å². The van der Waals surface area contributed by atoms with Crippen LogP contribution >= 0.6 is 0 Å². The van der Waals surface area contributed by atoms with Gasteiger partial charge in [0.1, 0.15) is 0 Å². The van der Waals surface area contributed by atoms with Crippen LogP contribution in [0, 0.1) is 6.92 Å². The number of nitrogens with one attached hydrogen (secondary N) is 1. The Morgan fingerprint density at radius 1 is 1.59 bits per heavy atom. The van der Waals surface area contributed by atoms with Crippen LogP contribution in [0.25, 0.3) is 0 Å². The zero-order valence-electron chi connectivity index (χ0n) is 10.8. The normalized spacial score (nSPS) is 21.6. The molecule has 0 saturated carbocycles. The molecule has 0 aliphatic carbocycles. The summed E-state index contributed by atoms with van der Waals surface area (Å²) in [6.45, 7) is 3.07. The van der Waals surface area contributed by atoms with Crippen molar-refractivity contribution in [2.24, 2.45) is 0 Å². The highest BCUT2D eigenvalue weighted by molar-refractivity contribution is 5.20. The molecule has 2 atom stereocenters. The quantitative estimate of drug-likeness (QED) is 0.850. The summed E-state index contributed by atoms with van der Waals surface area (Å²) in [6.07, 6.45) is 7.00. The molecule has 2 heterocycles. The lowest BCUT2D eigenvalue weighted by Crippen LogP contribution is -2.20. The van der Waals surface area contributed by atoms with E-state index >= 15 is 0 Å². The van der Waals surface area contributed by atoms with E-state index in [1.54, 1.807) is 0 Å². The molecule has 0 amide bonds. The predicted molar refractivity (Wildman–Crippen MR) is 69.0 cm³/mol. The second-order valence-corrected chi connectivity index (χ2v) is 4.76. The van der Waals surface area contributed by atoms with E-state index in [1.807, 2.05) is 19.3 Å². The number of aromatic nitrogens is 1. The lowest BCUT2D eigenvalue weighted by molar-refractivity contribution is 0.0997. The van der Waals surface area contributed by atoms with Crippen molar-refractivity contribution >= 4 is 0 Å². The van der Waals surface area contributed by atoms with Crippen LogP contribution in [0.4, 0.5) is 0 Å². The molecule has 0 radical (unpaired) electrons. The molecule has 94 valence electrons. The van der Waals surface area contributed by atoms with Gasteiger partial charge in [0, 0.05) is 18.8 Å². The molecule has 1 N–H and O–H groups in total. The Hall–Kier alpha value is -0.930. The summed E-state index contributed by atoms with van der Waals surface area (Å²) < 4.78 is 5.67. The average molecular weight is 234 g/mol. The fraction of sp³-hybridized carbons (Fsp3) is 0.643. The van der Waals surface area contributed by atoms with Gasteiger partial charge in [-0.25, -0.2) is 0 Å². The maximum atomic E-state index is 5.67. The molecule has 0 bridgehead atoms. The lowest BCUT2D eigenvalue weighted by atomic mass is 10.0. The molecule has 1 fully saturated rings. The smallest absolute Gasteiger partial charge is 0.0602 e. The van der Waals surface area contributed by atoms with Gasteiger partial charge in [-0.05, 0) is 51.3 Å².